The first-order valence-corrected chi connectivity index (χ1v) is 8.17. The van der Waals surface area contributed by atoms with Gasteiger partial charge in [-0.3, -0.25) is 0 Å². The molecule has 3 rings (SSSR count). The van der Waals surface area contributed by atoms with Gasteiger partial charge in [-0.25, -0.2) is 9.18 Å². The van der Waals surface area contributed by atoms with Crippen LogP contribution in [0, 0.1) is 17.1 Å². The summed E-state index contributed by atoms with van der Waals surface area (Å²) in [5.41, 5.74) is -1.23. The summed E-state index contributed by atoms with van der Waals surface area (Å²) in [5, 5.41) is 8.80. The van der Waals surface area contributed by atoms with E-state index in [0.717, 1.165) is 0 Å². The van der Waals surface area contributed by atoms with E-state index < -0.39 is 29.2 Å². The summed E-state index contributed by atoms with van der Waals surface area (Å²) in [5.74, 6) is -0.338. The molecule has 1 spiro atoms. The number of amides is 1. The molecule has 0 radical (unpaired) electrons. The molecule has 0 bridgehead atoms. The number of rotatable bonds is 2. The summed E-state index contributed by atoms with van der Waals surface area (Å²) in [6.45, 7) is 7.99. The number of carbonyl (C=O) groups excluding carboxylic acids is 1. The molecule has 0 saturated carbocycles. The summed E-state index contributed by atoms with van der Waals surface area (Å²) < 4.78 is 30.8. The third-order valence-corrected chi connectivity index (χ3v) is 4.39. The molecule has 2 heterocycles. The Kier molecular flexibility index (Phi) is 4.12. The fourth-order valence-corrected chi connectivity index (χ4v) is 3.04. The highest BCUT2D eigenvalue weighted by atomic mass is 19.1. The predicted octanol–water partition coefficient (Wildman–Crippen LogP) is 2.85. The van der Waals surface area contributed by atoms with Gasteiger partial charge in [0.1, 0.15) is 29.3 Å². The Morgan fingerprint density at radius 2 is 2.16 bits per heavy atom. The summed E-state index contributed by atoms with van der Waals surface area (Å²) in [4.78, 5) is 13.9. The lowest BCUT2D eigenvalue weighted by molar-refractivity contribution is 0.0273. The zero-order chi connectivity index (χ0) is 18.4. The highest BCUT2D eigenvalue weighted by Crippen LogP contribution is 2.46. The molecule has 25 heavy (non-hydrogen) atoms. The number of likely N-dealkylation sites (tertiary alicyclic amines) is 1. The van der Waals surface area contributed by atoms with E-state index in [1.54, 1.807) is 37.8 Å². The van der Waals surface area contributed by atoms with Crippen LogP contribution in [0.15, 0.2) is 18.2 Å². The molecular formula is C18H21FN2O4. The van der Waals surface area contributed by atoms with E-state index in [1.165, 1.54) is 12.1 Å². The van der Waals surface area contributed by atoms with Crippen LogP contribution in [0.4, 0.5) is 9.18 Å². The van der Waals surface area contributed by atoms with Crippen molar-refractivity contribution in [3.63, 3.8) is 0 Å². The summed E-state index contributed by atoms with van der Waals surface area (Å²) in [6, 6.07) is 5.86. The van der Waals surface area contributed by atoms with E-state index in [4.69, 9.17) is 19.5 Å². The molecule has 2 aliphatic heterocycles. The average Bonchev–Trinajstić information content (AvgIpc) is 2.99. The van der Waals surface area contributed by atoms with Crippen molar-refractivity contribution in [1.29, 1.82) is 5.26 Å². The molecule has 2 aliphatic rings. The number of nitriles is 1. The molecular weight excluding hydrogens is 327 g/mol. The van der Waals surface area contributed by atoms with Crippen molar-refractivity contribution >= 4 is 6.09 Å². The molecule has 0 N–H and O–H groups in total. The topological polar surface area (TPSA) is 75.1 Å². The Bertz CT molecular complexity index is 740. The Morgan fingerprint density at radius 1 is 1.48 bits per heavy atom. The van der Waals surface area contributed by atoms with Crippen LogP contribution in [-0.2, 0) is 9.47 Å². The van der Waals surface area contributed by atoms with Crippen LogP contribution >= 0.6 is 0 Å². The van der Waals surface area contributed by atoms with Gasteiger partial charge in [-0.2, -0.15) is 5.26 Å². The highest BCUT2D eigenvalue weighted by molar-refractivity contribution is 5.69. The van der Waals surface area contributed by atoms with Crippen molar-refractivity contribution in [2.45, 2.75) is 51.1 Å². The average molecular weight is 348 g/mol. The molecule has 7 heteroatoms. The normalized spacial score (nSPS) is 27.9. The number of hydrogen-bond acceptors (Lipinski definition) is 5. The van der Waals surface area contributed by atoms with Crippen molar-refractivity contribution in [3.05, 3.63) is 29.6 Å². The van der Waals surface area contributed by atoms with Gasteiger partial charge >= 0.3 is 6.09 Å². The smallest absolute Gasteiger partial charge is 0.410 e. The van der Waals surface area contributed by atoms with Crippen LogP contribution in [0.25, 0.3) is 0 Å². The van der Waals surface area contributed by atoms with E-state index in [-0.39, 0.29) is 11.7 Å². The predicted molar refractivity (Wildman–Crippen MR) is 86.6 cm³/mol. The van der Waals surface area contributed by atoms with E-state index >= 15 is 0 Å². The molecule has 2 saturated heterocycles. The van der Waals surface area contributed by atoms with E-state index in [9.17, 15) is 9.18 Å². The maximum absolute atomic E-state index is 13.8. The van der Waals surface area contributed by atoms with Crippen LogP contribution < -0.4 is 4.74 Å². The maximum atomic E-state index is 13.8. The Labute approximate surface area is 146 Å². The zero-order valence-electron chi connectivity index (χ0n) is 14.7. The lowest BCUT2D eigenvalue weighted by Crippen LogP contribution is -2.36. The molecule has 0 aliphatic carbocycles. The van der Waals surface area contributed by atoms with E-state index in [0.29, 0.717) is 18.8 Å². The molecule has 0 aromatic heterocycles. The molecule has 1 aromatic rings. The van der Waals surface area contributed by atoms with Gasteiger partial charge in [0.15, 0.2) is 5.60 Å². The molecule has 1 aromatic carbocycles. The van der Waals surface area contributed by atoms with Gasteiger partial charge in [-0.15, -0.1) is 0 Å². The second kappa shape index (κ2) is 5.88. The number of benzene rings is 1. The van der Waals surface area contributed by atoms with Gasteiger partial charge in [0.2, 0.25) is 0 Å². The van der Waals surface area contributed by atoms with E-state index in [2.05, 4.69) is 0 Å². The van der Waals surface area contributed by atoms with Crippen LogP contribution in [0.1, 0.15) is 33.3 Å². The first kappa shape index (κ1) is 17.5. The minimum Gasteiger partial charge on any atom is -0.485 e. The molecule has 2 fully saturated rings. The molecule has 134 valence electrons. The van der Waals surface area contributed by atoms with Gasteiger partial charge in [0.25, 0.3) is 0 Å². The zero-order valence-corrected chi connectivity index (χ0v) is 14.7. The van der Waals surface area contributed by atoms with Gasteiger partial charge in [0, 0.05) is 6.07 Å². The molecule has 1 amide bonds. The van der Waals surface area contributed by atoms with Crippen molar-refractivity contribution in [3.8, 4) is 11.8 Å². The largest absolute Gasteiger partial charge is 0.485 e. The SMILES string of the molecule is CC1OC12CN(C(=O)OC(C)(C)C)CC2Oc1ccc(C#N)c(F)c1. The Morgan fingerprint density at radius 3 is 2.68 bits per heavy atom. The molecule has 6 nitrogen and oxygen atoms in total. The van der Waals surface area contributed by atoms with Crippen molar-refractivity contribution in [2.75, 3.05) is 13.1 Å². The fourth-order valence-electron chi connectivity index (χ4n) is 3.04. The second-order valence-corrected chi connectivity index (χ2v) is 7.44. The van der Waals surface area contributed by atoms with Crippen molar-refractivity contribution in [2.24, 2.45) is 0 Å². The number of halogens is 1. The fraction of sp³-hybridized carbons (Fsp3) is 0.556. The first-order chi connectivity index (χ1) is 11.6. The van der Waals surface area contributed by atoms with E-state index in [1.807, 2.05) is 6.92 Å². The lowest BCUT2D eigenvalue weighted by atomic mass is 10.0. The van der Waals surface area contributed by atoms with Gasteiger partial charge in [0.05, 0.1) is 24.8 Å². The number of ether oxygens (including phenoxy) is 3. The summed E-state index contributed by atoms with van der Waals surface area (Å²) in [7, 11) is 0. The summed E-state index contributed by atoms with van der Waals surface area (Å²) in [6.07, 6.45) is -0.915. The van der Waals surface area contributed by atoms with Crippen LogP contribution in [-0.4, -0.2) is 47.5 Å². The van der Waals surface area contributed by atoms with Crippen molar-refractivity contribution < 1.29 is 23.4 Å². The quantitative estimate of drug-likeness (QED) is 0.768. The third-order valence-electron chi connectivity index (χ3n) is 4.39. The maximum Gasteiger partial charge on any atom is 0.410 e. The van der Waals surface area contributed by atoms with Crippen LogP contribution in [0.2, 0.25) is 0 Å². The standard InChI is InChI=1S/C18H21FN2O4/c1-11-18(24-11)10-21(16(22)25-17(2,3)4)9-15(18)23-13-6-5-12(8-20)14(19)7-13/h5-7,11,15H,9-10H2,1-4H3. The molecule has 3 unspecified atom stereocenters. The van der Waals surface area contributed by atoms with Crippen LogP contribution in [0.3, 0.4) is 0 Å². The number of hydrogen-bond donors (Lipinski definition) is 0. The Balaban J connectivity index is 1.74. The van der Waals surface area contributed by atoms with Gasteiger partial charge in [-0.05, 0) is 39.8 Å². The van der Waals surface area contributed by atoms with Gasteiger partial charge < -0.3 is 19.1 Å². The van der Waals surface area contributed by atoms with Gasteiger partial charge in [-0.1, -0.05) is 0 Å². The highest BCUT2D eigenvalue weighted by Gasteiger charge is 2.66. The monoisotopic (exact) mass is 348 g/mol. The first-order valence-electron chi connectivity index (χ1n) is 8.17. The van der Waals surface area contributed by atoms with Crippen molar-refractivity contribution in [1.82, 2.24) is 4.90 Å². The number of carbonyl (C=O) groups is 1. The third kappa shape index (κ3) is 3.40. The number of nitrogens with zero attached hydrogens (tertiary/aromatic N) is 2. The number of epoxide rings is 1. The minimum absolute atomic E-state index is 0.0418. The van der Waals surface area contributed by atoms with Crippen LogP contribution in [0.5, 0.6) is 5.75 Å². The molecule has 3 atom stereocenters. The second-order valence-electron chi connectivity index (χ2n) is 7.44. The lowest BCUT2D eigenvalue weighted by Gasteiger charge is -2.24. The minimum atomic E-state index is -0.638. The summed E-state index contributed by atoms with van der Waals surface area (Å²) >= 11 is 0. The Hall–Kier alpha value is -2.33.